The van der Waals surface area contributed by atoms with Crippen molar-refractivity contribution in [3.8, 4) is 0 Å². The van der Waals surface area contributed by atoms with Crippen LogP contribution in [0.5, 0.6) is 0 Å². The molecule has 0 aliphatic heterocycles. The Morgan fingerprint density at radius 1 is 1.14 bits per heavy atom. The fourth-order valence-electron chi connectivity index (χ4n) is 2.34. The summed E-state index contributed by atoms with van der Waals surface area (Å²) in [7, 11) is -2.85. The van der Waals surface area contributed by atoms with Crippen LogP contribution in [0.4, 0.5) is 11.4 Å². The second-order valence-electron chi connectivity index (χ2n) is 5.95. The standard InChI is InChI=1S/C18H18N2O7S/c1-11-4-5-13(18(22)27-3)10-16(11)19-17(21)12(2)28(25,26)15-8-6-14(7-9-15)20(23)24/h4-10,12H,1-3H3,(H,19,21)/t12-/m1/s1. The van der Waals surface area contributed by atoms with E-state index >= 15 is 0 Å². The number of esters is 1. The van der Waals surface area contributed by atoms with Crippen LogP contribution in [0.3, 0.4) is 0 Å². The maximum Gasteiger partial charge on any atom is 0.337 e. The molecule has 0 radical (unpaired) electrons. The van der Waals surface area contributed by atoms with Gasteiger partial charge in [0.15, 0.2) is 9.84 Å². The Morgan fingerprint density at radius 2 is 1.75 bits per heavy atom. The highest BCUT2D eigenvalue weighted by molar-refractivity contribution is 7.92. The molecule has 10 heteroatoms. The lowest BCUT2D eigenvalue weighted by Crippen LogP contribution is -2.33. The maximum absolute atomic E-state index is 12.6. The molecule has 1 atom stereocenters. The third-order valence-corrected chi connectivity index (χ3v) is 6.20. The molecule has 28 heavy (non-hydrogen) atoms. The number of amides is 1. The van der Waals surface area contributed by atoms with E-state index in [9.17, 15) is 28.1 Å². The summed E-state index contributed by atoms with van der Waals surface area (Å²) in [5, 5.41) is 11.7. The summed E-state index contributed by atoms with van der Waals surface area (Å²) in [5.41, 5.74) is 0.847. The average Bonchev–Trinajstić information content (AvgIpc) is 2.68. The second-order valence-corrected chi connectivity index (χ2v) is 8.22. The van der Waals surface area contributed by atoms with Gasteiger partial charge in [0.05, 0.1) is 22.5 Å². The zero-order valence-corrected chi connectivity index (χ0v) is 16.1. The summed E-state index contributed by atoms with van der Waals surface area (Å²) in [4.78, 5) is 34.0. The molecule has 0 aromatic heterocycles. The predicted molar refractivity (Wildman–Crippen MR) is 101 cm³/mol. The van der Waals surface area contributed by atoms with Gasteiger partial charge in [-0.25, -0.2) is 13.2 Å². The zero-order valence-electron chi connectivity index (χ0n) is 15.3. The Kier molecular flexibility index (Phi) is 6.14. The van der Waals surface area contributed by atoms with E-state index in [-0.39, 0.29) is 21.8 Å². The number of hydrogen-bond donors (Lipinski definition) is 1. The van der Waals surface area contributed by atoms with Crippen LogP contribution in [0, 0.1) is 17.0 Å². The van der Waals surface area contributed by atoms with E-state index in [2.05, 4.69) is 10.1 Å². The average molecular weight is 406 g/mol. The second kappa shape index (κ2) is 8.17. The molecular weight excluding hydrogens is 388 g/mol. The van der Waals surface area contributed by atoms with E-state index < -0.39 is 31.9 Å². The van der Waals surface area contributed by atoms with Gasteiger partial charge in [-0.3, -0.25) is 14.9 Å². The normalized spacial score (nSPS) is 12.1. The number of aryl methyl sites for hydroxylation is 1. The minimum absolute atomic E-state index is 0.203. The monoisotopic (exact) mass is 406 g/mol. The molecule has 0 aliphatic carbocycles. The molecule has 1 amide bonds. The third kappa shape index (κ3) is 4.34. The van der Waals surface area contributed by atoms with Crippen LogP contribution < -0.4 is 5.32 Å². The van der Waals surface area contributed by atoms with Gasteiger partial charge in [0.2, 0.25) is 5.91 Å². The number of sulfone groups is 1. The van der Waals surface area contributed by atoms with Gasteiger partial charge < -0.3 is 10.1 Å². The highest BCUT2D eigenvalue weighted by Gasteiger charge is 2.30. The lowest BCUT2D eigenvalue weighted by molar-refractivity contribution is -0.384. The number of ether oxygens (including phenoxy) is 1. The number of nitro benzene ring substituents is 1. The number of benzene rings is 2. The highest BCUT2D eigenvalue weighted by Crippen LogP contribution is 2.22. The Bertz CT molecular complexity index is 1030. The summed E-state index contributed by atoms with van der Waals surface area (Å²) in [6.45, 7) is 2.90. The first-order valence-electron chi connectivity index (χ1n) is 8.06. The van der Waals surface area contributed by atoms with Gasteiger partial charge in [-0.1, -0.05) is 6.07 Å². The Balaban J connectivity index is 2.26. The maximum atomic E-state index is 12.6. The smallest absolute Gasteiger partial charge is 0.337 e. The largest absolute Gasteiger partial charge is 0.465 e. The van der Waals surface area contributed by atoms with Crippen LogP contribution >= 0.6 is 0 Å². The number of nitro groups is 1. The van der Waals surface area contributed by atoms with Crippen LogP contribution in [0.25, 0.3) is 0 Å². The summed E-state index contributed by atoms with van der Waals surface area (Å²) >= 11 is 0. The lowest BCUT2D eigenvalue weighted by Gasteiger charge is -2.15. The fourth-order valence-corrected chi connectivity index (χ4v) is 3.60. The highest BCUT2D eigenvalue weighted by atomic mass is 32.2. The number of anilines is 1. The molecule has 0 saturated heterocycles. The van der Waals surface area contributed by atoms with Crippen molar-refractivity contribution in [3.63, 3.8) is 0 Å². The van der Waals surface area contributed by atoms with E-state index in [0.29, 0.717) is 5.56 Å². The Hall–Kier alpha value is -3.27. The van der Waals surface area contributed by atoms with Crippen molar-refractivity contribution in [2.45, 2.75) is 24.0 Å². The molecule has 0 bridgehead atoms. The van der Waals surface area contributed by atoms with Crippen molar-refractivity contribution < 1.29 is 27.7 Å². The van der Waals surface area contributed by atoms with Crippen molar-refractivity contribution in [2.75, 3.05) is 12.4 Å². The molecule has 2 aromatic rings. The van der Waals surface area contributed by atoms with Gasteiger partial charge in [0.25, 0.3) is 5.69 Å². The fraction of sp³-hybridized carbons (Fsp3) is 0.222. The van der Waals surface area contributed by atoms with Crippen LogP contribution in [-0.2, 0) is 19.4 Å². The first-order chi connectivity index (χ1) is 13.1. The number of hydrogen-bond acceptors (Lipinski definition) is 7. The SMILES string of the molecule is COC(=O)c1ccc(C)c(NC(=O)[C@@H](C)S(=O)(=O)c2ccc([N+](=O)[O-])cc2)c1. The van der Waals surface area contributed by atoms with E-state index in [1.54, 1.807) is 13.0 Å². The van der Waals surface area contributed by atoms with Gasteiger partial charge in [-0.2, -0.15) is 0 Å². The lowest BCUT2D eigenvalue weighted by atomic mass is 10.1. The zero-order chi connectivity index (χ0) is 21.1. The number of non-ortho nitro benzene ring substituents is 1. The van der Waals surface area contributed by atoms with E-state index in [1.807, 2.05) is 0 Å². The van der Waals surface area contributed by atoms with E-state index in [4.69, 9.17) is 0 Å². The van der Waals surface area contributed by atoms with Gasteiger partial charge in [0, 0.05) is 17.8 Å². The van der Waals surface area contributed by atoms with Gasteiger partial charge in [-0.15, -0.1) is 0 Å². The molecule has 2 aromatic carbocycles. The van der Waals surface area contributed by atoms with Crippen LogP contribution in [-0.4, -0.2) is 37.6 Å². The molecule has 148 valence electrons. The van der Waals surface area contributed by atoms with Gasteiger partial charge in [-0.05, 0) is 43.7 Å². The molecule has 9 nitrogen and oxygen atoms in total. The van der Waals surface area contributed by atoms with Gasteiger partial charge >= 0.3 is 5.97 Å². The topological polar surface area (TPSA) is 133 Å². The minimum Gasteiger partial charge on any atom is -0.465 e. The molecule has 0 saturated carbocycles. The van der Waals surface area contributed by atoms with Crippen molar-refractivity contribution in [3.05, 3.63) is 63.7 Å². The number of nitrogens with zero attached hydrogens (tertiary/aromatic N) is 1. The summed E-state index contributed by atoms with van der Waals surface area (Å²) in [6, 6.07) is 8.79. The number of carbonyl (C=O) groups is 2. The third-order valence-electron chi connectivity index (χ3n) is 4.13. The molecular formula is C18H18N2O7S. The van der Waals surface area contributed by atoms with Crippen LogP contribution in [0.15, 0.2) is 47.4 Å². The number of rotatable bonds is 6. The van der Waals surface area contributed by atoms with Crippen LogP contribution in [0.2, 0.25) is 0 Å². The Labute approximate surface area is 161 Å². The molecule has 1 N–H and O–H groups in total. The Morgan fingerprint density at radius 3 is 2.29 bits per heavy atom. The quantitative estimate of drug-likeness (QED) is 0.443. The molecule has 2 rings (SSSR count). The van der Waals surface area contributed by atoms with Crippen molar-refractivity contribution >= 4 is 33.1 Å². The molecule has 0 spiro atoms. The first kappa shape index (κ1) is 21.0. The molecule has 0 fully saturated rings. The van der Waals surface area contributed by atoms with Gasteiger partial charge in [0.1, 0.15) is 5.25 Å². The predicted octanol–water partition coefficient (Wildman–Crippen LogP) is 2.49. The van der Waals surface area contributed by atoms with E-state index in [0.717, 1.165) is 24.3 Å². The minimum atomic E-state index is -4.07. The number of methoxy groups -OCH3 is 1. The van der Waals surface area contributed by atoms with Crippen molar-refractivity contribution in [1.29, 1.82) is 0 Å². The molecule has 0 aliphatic rings. The summed E-state index contributed by atoms with van der Waals surface area (Å²) in [5.74, 6) is -1.40. The molecule has 0 unspecified atom stereocenters. The van der Waals surface area contributed by atoms with E-state index in [1.165, 1.54) is 26.2 Å². The summed E-state index contributed by atoms with van der Waals surface area (Å²) < 4.78 is 29.9. The van der Waals surface area contributed by atoms with Crippen molar-refractivity contribution in [1.82, 2.24) is 0 Å². The van der Waals surface area contributed by atoms with Crippen molar-refractivity contribution in [2.24, 2.45) is 0 Å². The number of carbonyl (C=O) groups excluding carboxylic acids is 2. The molecule has 0 heterocycles. The number of nitrogens with one attached hydrogen (secondary N) is 1. The summed E-state index contributed by atoms with van der Waals surface area (Å²) in [6.07, 6.45) is 0. The first-order valence-corrected chi connectivity index (χ1v) is 9.60. The van der Waals surface area contributed by atoms with Crippen LogP contribution in [0.1, 0.15) is 22.8 Å².